The minimum atomic E-state index is -0.243. The average Bonchev–Trinajstić information content (AvgIpc) is 2.64. The van der Waals surface area contributed by atoms with Crippen LogP contribution in [0.15, 0.2) is 11.1 Å². The number of aromatic nitrogens is 4. The topological polar surface area (TPSA) is 63.4 Å². The van der Waals surface area contributed by atoms with Gasteiger partial charge in [-0.2, -0.15) is 0 Å². The molecule has 1 N–H and O–H groups in total. The SMILES string of the molecule is CCCc1c(O)n(C)c2n(nc[n+]2C)c1=O. The standard InChI is InChI=1S/C10H14N4O2/c1-4-5-7-8(15)13(3)10-12(2)6-11-14(10)9(7)16/h6H,4-5H2,1-3H3/p+1. The maximum Gasteiger partial charge on any atom is 0.362 e. The van der Waals surface area contributed by atoms with Gasteiger partial charge in [-0.3, -0.25) is 4.79 Å². The first-order valence-corrected chi connectivity index (χ1v) is 5.22. The predicted octanol–water partition coefficient (Wildman–Crippen LogP) is -0.484. The number of hydrogen-bond donors (Lipinski definition) is 1. The Bertz CT molecular complexity index is 597. The van der Waals surface area contributed by atoms with Crippen LogP contribution in [0.5, 0.6) is 5.88 Å². The lowest BCUT2D eigenvalue weighted by Gasteiger charge is -2.04. The molecule has 2 heterocycles. The molecule has 2 rings (SSSR count). The summed E-state index contributed by atoms with van der Waals surface area (Å²) in [7, 11) is 3.49. The molecule has 0 aliphatic heterocycles. The van der Waals surface area contributed by atoms with Gasteiger partial charge in [-0.15, -0.1) is 0 Å². The van der Waals surface area contributed by atoms with Gasteiger partial charge in [0.15, 0.2) is 0 Å². The van der Waals surface area contributed by atoms with Crippen LogP contribution in [-0.2, 0) is 20.5 Å². The molecule has 0 aromatic carbocycles. The number of rotatable bonds is 2. The van der Waals surface area contributed by atoms with E-state index in [1.165, 1.54) is 4.52 Å². The molecule has 16 heavy (non-hydrogen) atoms. The van der Waals surface area contributed by atoms with Gasteiger partial charge in [0.05, 0.1) is 14.1 Å². The Labute approximate surface area is 92.4 Å². The molecule has 0 amide bonds. The summed E-state index contributed by atoms with van der Waals surface area (Å²) in [6, 6.07) is 0. The molecule has 0 unspecified atom stereocenters. The summed E-state index contributed by atoms with van der Waals surface area (Å²) in [5.41, 5.74) is 0.175. The van der Waals surface area contributed by atoms with E-state index < -0.39 is 0 Å². The first-order chi connectivity index (χ1) is 7.57. The second-order valence-electron chi connectivity index (χ2n) is 3.87. The van der Waals surface area contributed by atoms with Crippen LogP contribution in [0.4, 0.5) is 0 Å². The highest BCUT2D eigenvalue weighted by molar-refractivity contribution is 5.33. The molecule has 0 saturated heterocycles. The molecule has 0 bridgehead atoms. The van der Waals surface area contributed by atoms with Crippen molar-refractivity contribution in [2.75, 3.05) is 0 Å². The third-order valence-corrected chi connectivity index (χ3v) is 2.68. The summed E-state index contributed by atoms with van der Waals surface area (Å²) in [6.45, 7) is 1.96. The Morgan fingerprint density at radius 3 is 2.88 bits per heavy atom. The smallest absolute Gasteiger partial charge is 0.362 e. The van der Waals surface area contributed by atoms with Crippen molar-refractivity contribution in [3.8, 4) is 5.88 Å². The third-order valence-electron chi connectivity index (χ3n) is 2.68. The van der Waals surface area contributed by atoms with Crippen LogP contribution in [0.25, 0.3) is 5.78 Å². The van der Waals surface area contributed by atoms with E-state index >= 15 is 0 Å². The van der Waals surface area contributed by atoms with Gasteiger partial charge in [0.25, 0.3) is 0 Å². The second kappa shape index (κ2) is 3.62. The summed E-state index contributed by atoms with van der Waals surface area (Å²) < 4.78 is 4.57. The highest BCUT2D eigenvalue weighted by Gasteiger charge is 2.22. The molecule has 6 nitrogen and oxygen atoms in total. The van der Waals surface area contributed by atoms with Crippen molar-refractivity contribution in [3.05, 3.63) is 22.2 Å². The normalized spacial score (nSPS) is 11.2. The van der Waals surface area contributed by atoms with Gasteiger partial charge in [-0.25, -0.2) is 9.13 Å². The molecule has 0 atom stereocenters. The van der Waals surface area contributed by atoms with Crippen LogP contribution >= 0.6 is 0 Å². The minimum absolute atomic E-state index is 0.0236. The zero-order valence-corrected chi connectivity index (χ0v) is 9.64. The van der Waals surface area contributed by atoms with Gasteiger partial charge < -0.3 is 5.11 Å². The summed E-state index contributed by atoms with van der Waals surface area (Å²) in [5, 5.41) is 14.0. The van der Waals surface area contributed by atoms with Gasteiger partial charge in [0.2, 0.25) is 12.2 Å². The zero-order valence-electron chi connectivity index (χ0n) is 9.64. The van der Waals surface area contributed by atoms with Gasteiger partial charge in [-0.1, -0.05) is 13.3 Å². The lowest BCUT2D eigenvalue weighted by molar-refractivity contribution is -0.649. The first kappa shape index (κ1) is 10.7. The highest BCUT2D eigenvalue weighted by atomic mass is 16.3. The second-order valence-corrected chi connectivity index (χ2v) is 3.87. The summed E-state index contributed by atoms with van der Waals surface area (Å²) in [6.07, 6.45) is 2.91. The fourth-order valence-electron chi connectivity index (χ4n) is 1.89. The molecule has 0 fully saturated rings. The molecular weight excluding hydrogens is 208 g/mol. The van der Waals surface area contributed by atoms with E-state index in [9.17, 15) is 9.90 Å². The molecular formula is C10H15N4O2+. The molecule has 6 heteroatoms. The quantitative estimate of drug-likeness (QED) is 0.699. The van der Waals surface area contributed by atoms with Gasteiger partial charge in [0.1, 0.15) is 5.56 Å². The van der Waals surface area contributed by atoms with Crippen molar-refractivity contribution in [1.29, 1.82) is 0 Å². The van der Waals surface area contributed by atoms with E-state index in [1.54, 1.807) is 29.6 Å². The van der Waals surface area contributed by atoms with Gasteiger partial charge in [-0.05, 0) is 16.0 Å². The monoisotopic (exact) mass is 223 g/mol. The van der Waals surface area contributed by atoms with Crippen molar-refractivity contribution in [1.82, 2.24) is 14.2 Å². The number of nitrogens with zero attached hydrogens (tertiary/aromatic N) is 4. The van der Waals surface area contributed by atoms with E-state index in [4.69, 9.17) is 0 Å². The molecule has 86 valence electrons. The minimum Gasteiger partial charge on any atom is -0.486 e. The van der Waals surface area contributed by atoms with Crippen LogP contribution < -0.4 is 10.1 Å². The molecule has 0 radical (unpaired) electrons. The van der Waals surface area contributed by atoms with Crippen molar-refractivity contribution in [2.24, 2.45) is 14.1 Å². The van der Waals surface area contributed by atoms with Crippen molar-refractivity contribution in [2.45, 2.75) is 19.8 Å². The molecule has 2 aromatic rings. The van der Waals surface area contributed by atoms with Crippen LogP contribution in [0.3, 0.4) is 0 Å². The van der Waals surface area contributed by atoms with Crippen molar-refractivity contribution >= 4 is 5.78 Å². The molecule has 0 aliphatic rings. The van der Waals surface area contributed by atoms with Crippen LogP contribution in [0.1, 0.15) is 18.9 Å². The highest BCUT2D eigenvalue weighted by Crippen LogP contribution is 2.14. The van der Waals surface area contributed by atoms with E-state index in [0.717, 1.165) is 6.42 Å². The first-order valence-electron chi connectivity index (χ1n) is 5.22. The maximum absolute atomic E-state index is 12.0. The van der Waals surface area contributed by atoms with E-state index in [2.05, 4.69) is 5.10 Å². The largest absolute Gasteiger partial charge is 0.486 e. The third kappa shape index (κ3) is 1.30. The number of aryl methyl sites for hydroxylation is 2. The Balaban J connectivity index is 2.91. The predicted molar refractivity (Wildman–Crippen MR) is 57.3 cm³/mol. The van der Waals surface area contributed by atoms with Gasteiger partial charge >= 0.3 is 11.3 Å². The Hall–Kier alpha value is -1.85. The molecule has 2 aromatic heterocycles. The molecule has 0 aliphatic carbocycles. The number of hydrogen-bond acceptors (Lipinski definition) is 3. The average molecular weight is 223 g/mol. The lowest BCUT2D eigenvalue weighted by atomic mass is 10.2. The van der Waals surface area contributed by atoms with E-state index in [1.807, 2.05) is 6.92 Å². The van der Waals surface area contributed by atoms with E-state index in [-0.39, 0.29) is 11.4 Å². The van der Waals surface area contributed by atoms with Crippen LogP contribution in [0.2, 0.25) is 0 Å². The molecule has 0 spiro atoms. The van der Waals surface area contributed by atoms with Crippen LogP contribution in [0, 0.1) is 0 Å². The summed E-state index contributed by atoms with van der Waals surface area (Å²) in [5.74, 6) is 0.581. The fraction of sp³-hybridized carbons (Fsp3) is 0.500. The number of aromatic hydroxyl groups is 1. The van der Waals surface area contributed by atoms with Crippen molar-refractivity contribution < 1.29 is 9.67 Å². The summed E-state index contributed by atoms with van der Waals surface area (Å²) >= 11 is 0. The van der Waals surface area contributed by atoms with Crippen LogP contribution in [-0.4, -0.2) is 19.3 Å². The number of fused-ring (bicyclic) bond motifs is 1. The maximum atomic E-state index is 12.0. The van der Waals surface area contributed by atoms with Gasteiger partial charge in [0, 0.05) is 0 Å². The van der Waals surface area contributed by atoms with E-state index in [0.29, 0.717) is 17.8 Å². The Morgan fingerprint density at radius 1 is 1.56 bits per heavy atom. The fourth-order valence-corrected chi connectivity index (χ4v) is 1.89. The molecule has 0 saturated carbocycles. The lowest BCUT2D eigenvalue weighted by Crippen LogP contribution is -2.32. The Kier molecular flexibility index (Phi) is 2.41. The summed E-state index contributed by atoms with van der Waals surface area (Å²) in [4.78, 5) is 12.0. The zero-order chi connectivity index (χ0) is 11.9. The van der Waals surface area contributed by atoms with Crippen molar-refractivity contribution in [3.63, 3.8) is 0 Å². The Morgan fingerprint density at radius 2 is 2.25 bits per heavy atom.